The Hall–Kier alpha value is -3.32. The van der Waals surface area contributed by atoms with E-state index in [1.165, 1.54) is 0 Å². The third-order valence-corrected chi connectivity index (χ3v) is 5.78. The monoisotopic (exact) mass is 468 g/mol. The second-order valence-electron chi connectivity index (χ2n) is 8.01. The van der Waals surface area contributed by atoms with Gasteiger partial charge in [-0.3, -0.25) is 0 Å². The van der Waals surface area contributed by atoms with E-state index in [0.29, 0.717) is 23.3 Å². The Balaban J connectivity index is 1.34. The molecule has 0 aliphatic carbocycles. The van der Waals surface area contributed by atoms with Crippen LogP contribution in [0.5, 0.6) is 5.75 Å². The highest BCUT2D eigenvalue weighted by Crippen LogP contribution is 2.28. The van der Waals surface area contributed by atoms with Gasteiger partial charge >= 0.3 is 0 Å². The molecular formula is C23H24N4O7. The zero-order valence-corrected chi connectivity index (χ0v) is 18.0. The quantitative estimate of drug-likeness (QED) is 0.223. The van der Waals surface area contributed by atoms with Gasteiger partial charge in [0.2, 0.25) is 0 Å². The van der Waals surface area contributed by atoms with Crippen LogP contribution < -0.4 is 4.89 Å². The van der Waals surface area contributed by atoms with Crippen LogP contribution in [0.25, 0.3) is 16.7 Å². The van der Waals surface area contributed by atoms with E-state index in [0.717, 1.165) is 11.3 Å². The fourth-order valence-electron chi connectivity index (χ4n) is 3.95. The summed E-state index contributed by atoms with van der Waals surface area (Å²) in [6.45, 7) is -0.0551. The summed E-state index contributed by atoms with van der Waals surface area (Å²) in [7, 11) is 0. The number of benzene rings is 2. The van der Waals surface area contributed by atoms with Crippen molar-refractivity contribution in [3.63, 3.8) is 0 Å². The minimum Gasteiger partial charge on any atom is -0.394 e. The van der Waals surface area contributed by atoms with Crippen molar-refractivity contribution >= 4 is 11.0 Å². The normalized spacial score (nSPS) is 25.0. The molecule has 3 heterocycles. The molecule has 0 saturated carbocycles. The van der Waals surface area contributed by atoms with E-state index in [2.05, 4.69) is 9.97 Å². The summed E-state index contributed by atoms with van der Waals surface area (Å²) >= 11 is 0. The molecule has 4 aromatic rings. The zero-order valence-electron chi connectivity index (χ0n) is 18.0. The topological polar surface area (TPSA) is 144 Å². The van der Waals surface area contributed by atoms with Crippen LogP contribution in [-0.2, 0) is 16.2 Å². The highest BCUT2D eigenvalue weighted by Gasteiger charge is 2.45. The first-order valence-electron chi connectivity index (χ1n) is 10.7. The van der Waals surface area contributed by atoms with Gasteiger partial charge < -0.3 is 39.2 Å². The SMILES string of the molecule is OC[C@H]1O[C@@H](O)[C@H](OOc2cccc3ncn(Cc4ccc(-n5ccnc5)cc4)c23)[C@@H](O)[C@@H]1O. The molecule has 5 atom stereocenters. The summed E-state index contributed by atoms with van der Waals surface area (Å²) < 4.78 is 8.90. The summed E-state index contributed by atoms with van der Waals surface area (Å²) in [4.78, 5) is 19.2. The number of rotatable bonds is 7. The Morgan fingerprint density at radius 3 is 2.56 bits per heavy atom. The summed E-state index contributed by atoms with van der Waals surface area (Å²) in [5.74, 6) is 0.309. The van der Waals surface area contributed by atoms with E-state index in [-0.39, 0.29) is 0 Å². The lowest BCUT2D eigenvalue weighted by Gasteiger charge is -2.38. The fraction of sp³-hybridized carbons (Fsp3) is 0.304. The minimum absolute atomic E-state index is 0.309. The summed E-state index contributed by atoms with van der Waals surface area (Å²) in [5.41, 5.74) is 3.34. The smallest absolute Gasteiger partial charge is 0.191 e. The van der Waals surface area contributed by atoms with Crippen molar-refractivity contribution in [3.8, 4) is 11.4 Å². The predicted molar refractivity (Wildman–Crippen MR) is 118 cm³/mol. The first kappa shape index (κ1) is 22.5. The average molecular weight is 468 g/mol. The lowest BCUT2D eigenvalue weighted by atomic mass is 9.99. The number of ether oxygens (including phenoxy) is 1. The van der Waals surface area contributed by atoms with E-state index >= 15 is 0 Å². The molecule has 5 rings (SSSR count). The molecule has 1 aliphatic heterocycles. The average Bonchev–Trinajstić information content (AvgIpc) is 3.53. The van der Waals surface area contributed by atoms with Crippen molar-refractivity contribution in [2.45, 2.75) is 37.3 Å². The largest absolute Gasteiger partial charge is 0.394 e. The third kappa shape index (κ3) is 4.28. The first-order chi connectivity index (χ1) is 16.5. The van der Waals surface area contributed by atoms with Gasteiger partial charge in [0.25, 0.3) is 0 Å². The van der Waals surface area contributed by atoms with Crippen LogP contribution in [0.3, 0.4) is 0 Å². The number of nitrogens with zero attached hydrogens (tertiary/aromatic N) is 4. The molecule has 0 radical (unpaired) electrons. The van der Waals surface area contributed by atoms with Gasteiger partial charge in [0.05, 0.1) is 24.8 Å². The van der Waals surface area contributed by atoms with Gasteiger partial charge in [0, 0.05) is 24.6 Å². The standard InChI is InChI=1S/C23H24N4O7/c28-11-18-20(29)21(30)22(23(31)32-18)34-33-17-3-1-2-16-19(17)27(13-25-16)10-14-4-6-15(7-5-14)26-9-8-24-12-26/h1-9,12-13,18,20-23,28-31H,10-11H2/t18-,20-,21+,22-,23-/m1/s1. The third-order valence-electron chi connectivity index (χ3n) is 5.78. The Bertz CT molecular complexity index is 1230. The van der Waals surface area contributed by atoms with Crippen LogP contribution in [-0.4, -0.2) is 76.8 Å². The second kappa shape index (κ2) is 9.50. The van der Waals surface area contributed by atoms with Gasteiger partial charge in [-0.15, -0.1) is 0 Å². The molecule has 0 unspecified atom stereocenters. The van der Waals surface area contributed by atoms with Gasteiger partial charge in [-0.25, -0.2) is 9.97 Å². The van der Waals surface area contributed by atoms with Crippen molar-refractivity contribution in [1.82, 2.24) is 19.1 Å². The number of aliphatic hydroxyl groups is 4. The summed E-state index contributed by atoms with van der Waals surface area (Å²) in [5, 5.41) is 39.6. The minimum atomic E-state index is -1.60. The first-order valence-corrected chi connectivity index (χ1v) is 10.7. The molecule has 34 heavy (non-hydrogen) atoms. The number of para-hydroxylation sites is 1. The van der Waals surface area contributed by atoms with Crippen molar-refractivity contribution in [2.24, 2.45) is 0 Å². The molecule has 1 saturated heterocycles. The van der Waals surface area contributed by atoms with Gasteiger partial charge in [0.1, 0.15) is 23.8 Å². The van der Waals surface area contributed by atoms with Crippen molar-refractivity contribution in [3.05, 3.63) is 73.1 Å². The van der Waals surface area contributed by atoms with E-state index in [9.17, 15) is 20.4 Å². The lowest BCUT2D eigenvalue weighted by molar-refractivity contribution is -0.364. The fourth-order valence-corrected chi connectivity index (χ4v) is 3.95. The van der Waals surface area contributed by atoms with Crippen LogP contribution in [0.2, 0.25) is 0 Å². The highest BCUT2D eigenvalue weighted by atomic mass is 17.2. The second-order valence-corrected chi connectivity index (χ2v) is 8.01. The van der Waals surface area contributed by atoms with Crippen LogP contribution in [0, 0.1) is 0 Å². The molecule has 4 N–H and O–H groups in total. The van der Waals surface area contributed by atoms with Crippen LogP contribution in [0.15, 0.2) is 67.5 Å². The molecule has 1 fully saturated rings. The maximum atomic E-state index is 10.3. The number of hydrogen-bond donors (Lipinski definition) is 4. The molecule has 11 heteroatoms. The maximum absolute atomic E-state index is 10.3. The van der Waals surface area contributed by atoms with E-state index in [1.807, 2.05) is 45.7 Å². The van der Waals surface area contributed by atoms with Crippen molar-refractivity contribution in [1.29, 1.82) is 0 Å². The van der Waals surface area contributed by atoms with E-state index < -0.39 is 37.3 Å². The molecule has 178 valence electrons. The Labute approximate surface area is 194 Å². The van der Waals surface area contributed by atoms with E-state index in [1.54, 1.807) is 31.0 Å². The van der Waals surface area contributed by atoms with Gasteiger partial charge in [-0.1, -0.05) is 18.2 Å². The maximum Gasteiger partial charge on any atom is 0.191 e. The van der Waals surface area contributed by atoms with Crippen LogP contribution in [0.4, 0.5) is 0 Å². The molecule has 0 bridgehead atoms. The Kier molecular flexibility index (Phi) is 6.28. The van der Waals surface area contributed by atoms with Gasteiger partial charge in [-0.2, -0.15) is 4.89 Å². The highest BCUT2D eigenvalue weighted by molar-refractivity contribution is 5.82. The van der Waals surface area contributed by atoms with Crippen LogP contribution >= 0.6 is 0 Å². The number of aromatic nitrogens is 4. The van der Waals surface area contributed by atoms with Gasteiger partial charge in [0.15, 0.2) is 18.1 Å². The summed E-state index contributed by atoms with van der Waals surface area (Å²) in [6, 6.07) is 13.2. The van der Waals surface area contributed by atoms with E-state index in [4.69, 9.17) is 14.5 Å². The van der Waals surface area contributed by atoms with Crippen molar-refractivity contribution in [2.75, 3.05) is 6.61 Å². The Morgan fingerprint density at radius 1 is 1.00 bits per heavy atom. The molecule has 2 aromatic heterocycles. The zero-order chi connectivity index (χ0) is 23.7. The Morgan fingerprint density at radius 2 is 1.82 bits per heavy atom. The summed E-state index contributed by atoms with van der Waals surface area (Å²) in [6.07, 6.45) is -0.0918. The lowest BCUT2D eigenvalue weighted by Crippen LogP contribution is -2.59. The molecule has 0 amide bonds. The van der Waals surface area contributed by atoms with Crippen LogP contribution in [0.1, 0.15) is 5.56 Å². The van der Waals surface area contributed by atoms with Gasteiger partial charge in [-0.05, 0) is 29.8 Å². The molecule has 11 nitrogen and oxygen atoms in total. The number of fused-ring (bicyclic) bond motifs is 1. The molecule has 1 aliphatic rings. The predicted octanol–water partition coefficient (Wildman–Crippen LogP) is 0.381. The molecule has 2 aromatic carbocycles. The number of aliphatic hydroxyl groups excluding tert-OH is 4. The molecule has 0 spiro atoms. The number of hydrogen-bond acceptors (Lipinski definition) is 9. The number of imidazole rings is 2. The van der Waals surface area contributed by atoms with Crippen molar-refractivity contribution < 1.29 is 34.9 Å². The molecular weight excluding hydrogens is 444 g/mol.